The number of carbonyl (C=O) groups excluding carboxylic acids is 2. The molecule has 0 amide bonds. The lowest BCUT2D eigenvalue weighted by atomic mass is 10.0. The Morgan fingerprint density at radius 3 is 1.66 bits per heavy atom. The molecule has 0 aliphatic heterocycles. The van der Waals surface area contributed by atoms with Crippen molar-refractivity contribution in [2.24, 2.45) is 0 Å². The quantitative estimate of drug-likeness (QED) is 0.550. The minimum Gasteiger partial charge on any atom is -0.462 e. The van der Waals surface area contributed by atoms with Crippen LogP contribution in [-0.4, -0.2) is 30.1 Å². The fraction of sp³-hybridized carbons (Fsp3) is 0.208. The van der Waals surface area contributed by atoms with E-state index in [2.05, 4.69) is 0 Å². The third-order valence-electron chi connectivity index (χ3n) is 4.48. The SMILES string of the molecule is CCOC(=O)c1ccc(-c2ccc(-c3ccc(C(=O)OCC)cc3)c(C)n2)cc1. The van der Waals surface area contributed by atoms with Gasteiger partial charge in [0.05, 0.1) is 30.0 Å². The van der Waals surface area contributed by atoms with Gasteiger partial charge < -0.3 is 9.47 Å². The molecule has 5 nitrogen and oxygen atoms in total. The predicted octanol–water partition coefficient (Wildman–Crippen LogP) is 5.08. The van der Waals surface area contributed by atoms with Crippen molar-refractivity contribution in [3.8, 4) is 22.4 Å². The third-order valence-corrected chi connectivity index (χ3v) is 4.48. The number of rotatable bonds is 6. The number of carbonyl (C=O) groups is 2. The van der Waals surface area contributed by atoms with Crippen molar-refractivity contribution in [3.63, 3.8) is 0 Å². The van der Waals surface area contributed by atoms with E-state index in [1.54, 1.807) is 38.1 Å². The number of aromatic nitrogens is 1. The summed E-state index contributed by atoms with van der Waals surface area (Å²) in [6.07, 6.45) is 0. The van der Waals surface area contributed by atoms with Crippen molar-refractivity contribution in [2.45, 2.75) is 20.8 Å². The average molecular weight is 389 g/mol. The normalized spacial score (nSPS) is 10.4. The summed E-state index contributed by atoms with van der Waals surface area (Å²) in [4.78, 5) is 28.3. The van der Waals surface area contributed by atoms with E-state index in [1.165, 1.54) is 0 Å². The van der Waals surface area contributed by atoms with Crippen LogP contribution in [0, 0.1) is 6.92 Å². The molecule has 1 aromatic heterocycles. The van der Waals surface area contributed by atoms with Crippen molar-refractivity contribution in [2.75, 3.05) is 13.2 Å². The van der Waals surface area contributed by atoms with Gasteiger partial charge in [0.2, 0.25) is 0 Å². The number of esters is 2. The molecule has 3 aromatic rings. The van der Waals surface area contributed by atoms with Crippen LogP contribution in [0.3, 0.4) is 0 Å². The summed E-state index contributed by atoms with van der Waals surface area (Å²) in [5.74, 6) is -0.652. The van der Waals surface area contributed by atoms with Crippen LogP contribution in [0.1, 0.15) is 40.3 Å². The summed E-state index contributed by atoms with van der Waals surface area (Å²) < 4.78 is 10.0. The Balaban J connectivity index is 1.81. The zero-order valence-corrected chi connectivity index (χ0v) is 16.8. The van der Waals surface area contributed by atoms with Crippen molar-refractivity contribution in [1.82, 2.24) is 4.98 Å². The van der Waals surface area contributed by atoms with E-state index >= 15 is 0 Å². The molecule has 5 heteroatoms. The van der Waals surface area contributed by atoms with Crippen molar-refractivity contribution in [1.29, 1.82) is 0 Å². The lowest BCUT2D eigenvalue weighted by Gasteiger charge is -2.10. The molecule has 148 valence electrons. The molecule has 3 rings (SSSR count). The number of pyridine rings is 1. The fourth-order valence-corrected chi connectivity index (χ4v) is 3.02. The molecule has 0 fully saturated rings. The van der Waals surface area contributed by atoms with Crippen LogP contribution in [0.4, 0.5) is 0 Å². The van der Waals surface area contributed by atoms with Gasteiger partial charge in [0.15, 0.2) is 0 Å². The van der Waals surface area contributed by atoms with Gasteiger partial charge in [0.25, 0.3) is 0 Å². The Morgan fingerprint density at radius 1 is 0.724 bits per heavy atom. The molecule has 2 aromatic carbocycles. The molecule has 0 unspecified atom stereocenters. The van der Waals surface area contributed by atoms with E-state index in [-0.39, 0.29) is 11.9 Å². The highest BCUT2D eigenvalue weighted by molar-refractivity contribution is 5.90. The summed E-state index contributed by atoms with van der Waals surface area (Å²) in [5.41, 5.74) is 5.64. The number of nitrogens with zero attached hydrogens (tertiary/aromatic N) is 1. The molecule has 0 bridgehead atoms. The number of hydrogen-bond donors (Lipinski definition) is 0. The van der Waals surface area contributed by atoms with Crippen LogP contribution < -0.4 is 0 Å². The molecule has 0 spiro atoms. The predicted molar refractivity (Wildman–Crippen MR) is 112 cm³/mol. The largest absolute Gasteiger partial charge is 0.462 e. The van der Waals surface area contributed by atoms with E-state index < -0.39 is 0 Å². The first-order valence-corrected chi connectivity index (χ1v) is 9.56. The molecular weight excluding hydrogens is 366 g/mol. The van der Waals surface area contributed by atoms with E-state index in [0.717, 1.165) is 28.1 Å². The molecule has 0 saturated carbocycles. The van der Waals surface area contributed by atoms with Crippen LogP contribution >= 0.6 is 0 Å². The number of benzene rings is 2. The van der Waals surface area contributed by atoms with Gasteiger partial charge in [-0.2, -0.15) is 0 Å². The van der Waals surface area contributed by atoms with E-state index in [9.17, 15) is 9.59 Å². The summed E-state index contributed by atoms with van der Waals surface area (Å²) in [7, 11) is 0. The van der Waals surface area contributed by atoms with Crippen LogP contribution in [0.15, 0.2) is 60.7 Å². The second-order valence-electron chi connectivity index (χ2n) is 6.43. The van der Waals surface area contributed by atoms with Crippen LogP contribution in [0.2, 0.25) is 0 Å². The average Bonchev–Trinajstić information content (AvgIpc) is 2.74. The van der Waals surface area contributed by atoms with Gasteiger partial charge in [-0.3, -0.25) is 4.98 Å². The lowest BCUT2D eigenvalue weighted by molar-refractivity contribution is 0.0517. The molecule has 0 aliphatic carbocycles. The Kier molecular flexibility index (Phi) is 6.39. The second-order valence-corrected chi connectivity index (χ2v) is 6.43. The highest BCUT2D eigenvalue weighted by Crippen LogP contribution is 2.26. The van der Waals surface area contributed by atoms with Crippen molar-refractivity contribution in [3.05, 3.63) is 77.5 Å². The number of aryl methyl sites for hydroxylation is 1. The fourth-order valence-electron chi connectivity index (χ4n) is 3.02. The summed E-state index contributed by atoms with van der Waals surface area (Å²) >= 11 is 0. The maximum absolute atomic E-state index is 11.8. The zero-order chi connectivity index (χ0) is 20.8. The van der Waals surface area contributed by atoms with Crippen LogP contribution in [0.25, 0.3) is 22.4 Å². The molecule has 0 N–H and O–H groups in total. The summed E-state index contributed by atoms with van der Waals surface area (Å²) in [6.45, 7) is 6.22. The molecule has 0 aliphatic rings. The van der Waals surface area contributed by atoms with Gasteiger partial charge in [-0.1, -0.05) is 30.3 Å². The lowest BCUT2D eigenvalue weighted by Crippen LogP contribution is -2.04. The van der Waals surface area contributed by atoms with Gasteiger partial charge in [-0.25, -0.2) is 9.59 Å². The number of hydrogen-bond acceptors (Lipinski definition) is 5. The molecular formula is C24H23NO4. The van der Waals surface area contributed by atoms with E-state index in [0.29, 0.717) is 24.3 Å². The minimum absolute atomic E-state index is 0.324. The summed E-state index contributed by atoms with van der Waals surface area (Å²) in [5, 5.41) is 0. The first-order valence-electron chi connectivity index (χ1n) is 9.56. The maximum atomic E-state index is 11.8. The van der Waals surface area contributed by atoms with Gasteiger partial charge >= 0.3 is 11.9 Å². The van der Waals surface area contributed by atoms with E-state index in [1.807, 2.05) is 43.3 Å². The Bertz CT molecular complexity index is 1010. The highest BCUT2D eigenvalue weighted by Gasteiger charge is 2.10. The van der Waals surface area contributed by atoms with Gasteiger partial charge in [0, 0.05) is 16.8 Å². The Labute approximate surface area is 170 Å². The van der Waals surface area contributed by atoms with Gasteiger partial charge in [0.1, 0.15) is 0 Å². The van der Waals surface area contributed by atoms with Crippen molar-refractivity contribution >= 4 is 11.9 Å². The highest BCUT2D eigenvalue weighted by atomic mass is 16.5. The standard InChI is InChI=1S/C24H23NO4/c1-4-28-23(26)19-10-6-17(7-11-19)21-14-15-22(25-16(21)3)18-8-12-20(13-9-18)24(27)29-5-2/h6-15H,4-5H2,1-3H3. The van der Waals surface area contributed by atoms with Gasteiger partial charge in [-0.15, -0.1) is 0 Å². The zero-order valence-electron chi connectivity index (χ0n) is 16.8. The summed E-state index contributed by atoms with van der Waals surface area (Å²) in [6, 6.07) is 18.5. The van der Waals surface area contributed by atoms with Gasteiger partial charge in [-0.05, 0) is 56.7 Å². The molecule has 0 radical (unpaired) electrons. The molecule has 0 atom stereocenters. The molecule has 1 heterocycles. The van der Waals surface area contributed by atoms with Crippen LogP contribution in [-0.2, 0) is 9.47 Å². The smallest absolute Gasteiger partial charge is 0.338 e. The maximum Gasteiger partial charge on any atom is 0.338 e. The first-order chi connectivity index (χ1) is 14.0. The third kappa shape index (κ3) is 4.69. The van der Waals surface area contributed by atoms with E-state index in [4.69, 9.17) is 14.5 Å². The topological polar surface area (TPSA) is 65.5 Å². The Hall–Kier alpha value is -3.47. The molecule has 0 saturated heterocycles. The minimum atomic E-state index is -0.329. The number of ether oxygens (including phenoxy) is 2. The van der Waals surface area contributed by atoms with Crippen LogP contribution in [0.5, 0.6) is 0 Å². The first kappa shape index (κ1) is 20.3. The molecule has 29 heavy (non-hydrogen) atoms. The second kappa shape index (κ2) is 9.15. The Morgan fingerprint density at radius 2 is 1.21 bits per heavy atom. The monoisotopic (exact) mass is 389 g/mol. The van der Waals surface area contributed by atoms with Crippen molar-refractivity contribution < 1.29 is 19.1 Å².